The number of hydrogen-bond acceptors (Lipinski definition) is 3. The largest absolute Gasteiger partial charge is 0.399 e. The molecule has 0 saturated heterocycles. The molecule has 0 saturated carbocycles. The Labute approximate surface area is 94.2 Å². The van der Waals surface area contributed by atoms with Crippen LogP contribution in [0.5, 0.6) is 0 Å². The summed E-state index contributed by atoms with van der Waals surface area (Å²) in [6.07, 6.45) is 0. The van der Waals surface area contributed by atoms with E-state index in [0.717, 1.165) is 12.1 Å². The molecule has 0 aliphatic carbocycles. The van der Waals surface area contributed by atoms with Gasteiger partial charge in [0.05, 0.1) is 0 Å². The average Bonchev–Trinajstić information content (AvgIpc) is 2.15. The predicted molar refractivity (Wildman–Crippen MR) is 62.4 cm³/mol. The summed E-state index contributed by atoms with van der Waals surface area (Å²) in [7, 11) is 3.81. The standard InChI is InChI=1S/C11H17F2N3/c1-7(16(2)3)6-15-11-9(12)4-8(14)5-10(11)13/h4-5,7,15H,6,14H2,1-3H3. The van der Waals surface area contributed by atoms with Gasteiger partial charge < -0.3 is 16.0 Å². The number of benzene rings is 1. The summed E-state index contributed by atoms with van der Waals surface area (Å²) < 4.78 is 26.7. The van der Waals surface area contributed by atoms with E-state index in [1.807, 2.05) is 25.9 Å². The van der Waals surface area contributed by atoms with Gasteiger partial charge in [0.25, 0.3) is 0 Å². The average molecular weight is 229 g/mol. The molecule has 1 aromatic rings. The quantitative estimate of drug-likeness (QED) is 0.775. The van der Waals surface area contributed by atoms with E-state index < -0.39 is 11.6 Å². The number of nitrogens with zero attached hydrogens (tertiary/aromatic N) is 1. The molecule has 1 atom stereocenters. The number of anilines is 2. The minimum atomic E-state index is -0.663. The summed E-state index contributed by atoms with van der Waals surface area (Å²) in [5, 5.41) is 2.74. The van der Waals surface area contributed by atoms with Crippen LogP contribution < -0.4 is 11.1 Å². The van der Waals surface area contributed by atoms with Gasteiger partial charge in [-0.2, -0.15) is 0 Å². The smallest absolute Gasteiger partial charge is 0.151 e. The number of hydrogen-bond donors (Lipinski definition) is 2. The maximum atomic E-state index is 13.4. The molecule has 90 valence electrons. The summed E-state index contributed by atoms with van der Waals surface area (Å²) in [6, 6.07) is 2.38. The fourth-order valence-electron chi connectivity index (χ4n) is 1.19. The van der Waals surface area contributed by atoms with Gasteiger partial charge in [0, 0.05) is 18.3 Å². The second kappa shape index (κ2) is 5.12. The van der Waals surface area contributed by atoms with E-state index in [2.05, 4.69) is 5.32 Å². The number of rotatable bonds is 4. The highest BCUT2D eigenvalue weighted by molar-refractivity contribution is 5.54. The number of nitrogen functional groups attached to an aromatic ring is 1. The lowest BCUT2D eigenvalue weighted by atomic mass is 10.2. The summed E-state index contributed by atoms with van der Waals surface area (Å²) in [4.78, 5) is 1.96. The van der Waals surface area contributed by atoms with E-state index in [9.17, 15) is 8.78 Å². The van der Waals surface area contributed by atoms with Crippen molar-refractivity contribution in [1.29, 1.82) is 0 Å². The Morgan fingerprint density at radius 1 is 1.31 bits per heavy atom. The third-order valence-corrected chi connectivity index (χ3v) is 2.52. The monoisotopic (exact) mass is 229 g/mol. The summed E-state index contributed by atoms with van der Waals surface area (Å²) in [5.41, 5.74) is 5.28. The van der Waals surface area contributed by atoms with Crippen LogP contribution in [0.25, 0.3) is 0 Å². The lowest BCUT2D eigenvalue weighted by Gasteiger charge is -2.21. The zero-order valence-electron chi connectivity index (χ0n) is 9.72. The van der Waals surface area contributed by atoms with Crippen molar-refractivity contribution in [2.45, 2.75) is 13.0 Å². The Morgan fingerprint density at radius 3 is 2.25 bits per heavy atom. The van der Waals surface area contributed by atoms with Crippen molar-refractivity contribution >= 4 is 11.4 Å². The van der Waals surface area contributed by atoms with Gasteiger partial charge in [-0.1, -0.05) is 0 Å². The number of likely N-dealkylation sites (N-methyl/N-ethyl adjacent to an activating group) is 1. The molecular formula is C11H17F2N3. The number of halogens is 2. The van der Waals surface area contributed by atoms with Gasteiger partial charge in [-0.25, -0.2) is 8.78 Å². The highest BCUT2D eigenvalue weighted by atomic mass is 19.1. The fraction of sp³-hybridized carbons (Fsp3) is 0.455. The Hall–Kier alpha value is -1.36. The van der Waals surface area contributed by atoms with Crippen LogP contribution in [0.15, 0.2) is 12.1 Å². The second-order valence-electron chi connectivity index (χ2n) is 4.05. The minimum Gasteiger partial charge on any atom is -0.399 e. The van der Waals surface area contributed by atoms with Gasteiger partial charge in [0.1, 0.15) is 5.69 Å². The molecular weight excluding hydrogens is 212 g/mol. The lowest BCUT2D eigenvalue weighted by molar-refractivity contribution is 0.325. The zero-order valence-corrected chi connectivity index (χ0v) is 9.72. The van der Waals surface area contributed by atoms with Crippen LogP contribution in [0.4, 0.5) is 20.2 Å². The molecule has 16 heavy (non-hydrogen) atoms. The van der Waals surface area contributed by atoms with Crippen LogP contribution in [0.1, 0.15) is 6.92 Å². The van der Waals surface area contributed by atoms with Crippen LogP contribution in [0, 0.1) is 11.6 Å². The van der Waals surface area contributed by atoms with Crippen molar-refractivity contribution in [1.82, 2.24) is 4.90 Å². The minimum absolute atomic E-state index is 0.0845. The summed E-state index contributed by atoms with van der Waals surface area (Å²) in [5.74, 6) is -1.33. The maximum absolute atomic E-state index is 13.4. The Kier molecular flexibility index (Phi) is 4.06. The van der Waals surface area contributed by atoms with Gasteiger partial charge >= 0.3 is 0 Å². The van der Waals surface area contributed by atoms with Gasteiger partial charge in [-0.3, -0.25) is 0 Å². The predicted octanol–water partition coefficient (Wildman–Crippen LogP) is 1.91. The van der Waals surface area contributed by atoms with Crippen molar-refractivity contribution in [3.05, 3.63) is 23.8 Å². The molecule has 1 unspecified atom stereocenters. The fourth-order valence-corrected chi connectivity index (χ4v) is 1.19. The molecule has 0 radical (unpaired) electrons. The van der Waals surface area contributed by atoms with E-state index >= 15 is 0 Å². The summed E-state index contributed by atoms with van der Waals surface area (Å²) >= 11 is 0. The maximum Gasteiger partial charge on any atom is 0.151 e. The van der Waals surface area contributed by atoms with Crippen molar-refractivity contribution in [2.75, 3.05) is 31.7 Å². The highest BCUT2D eigenvalue weighted by Gasteiger charge is 2.11. The SMILES string of the molecule is CC(CNc1c(F)cc(N)cc1F)N(C)C. The van der Waals surface area contributed by atoms with Crippen molar-refractivity contribution < 1.29 is 8.78 Å². The molecule has 1 aromatic carbocycles. The molecule has 3 N–H and O–H groups in total. The molecule has 0 bridgehead atoms. The van der Waals surface area contributed by atoms with Gasteiger partial charge in [0.15, 0.2) is 11.6 Å². The molecule has 0 aliphatic rings. The van der Waals surface area contributed by atoms with Crippen LogP contribution in [0.3, 0.4) is 0 Å². The molecule has 5 heteroatoms. The van der Waals surface area contributed by atoms with Crippen LogP contribution in [-0.2, 0) is 0 Å². The molecule has 3 nitrogen and oxygen atoms in total. The van der Waals surface area contributed by atoms with Gasteiger partial charge in [-0.15, -0.1) is 0 Å². The van der Waals surface area contributed by atoms with E-state index in [4.69, 9.17) is 5.73 Å². The van der Waals surface area contributed by atoms with Crippen molar-refractivity contribution in [2.24, 2.45) is 0 Å². The van der Waals surface area contributed by atoms with Crippen LogP contribution in [-0.4, -0.2) is 31.6 Å². The molecule has 1 rings (SSSR count). The molecule has 0 amide bonds. The van der Waals surface area contributed by atoms with E-state index in [1.165, 1.54) is 0 Å². The van der Waals surface area contributed by atoms with E-state index in [-0.39, 0.29) is 17.4 Å². The lowest BCUT2D eigenvalue weighted by Crippen LogP contribution is -2.31. The van der Waals surface area contributed by atoms with Gasteiger partial charge in [-0.05, 0) is 33.2 Å². The molecule has 0 heterocycles. The molecule has 0 aliphatic heterocycles. The number of nitrogens with one attached hydrogen (secondary N) is 1. The third kappa shape index (κ3) is 3.06. The molecule has 0 aromatic heterocycles. The van der Waals surface area contributed by atoms with E-state index in [0.29, 0.717) is 6.54 Å². The van der Waals surface area contributed by atoms with Crippen LogP contribution in [0.2, 0.25) is 0 Å². The first kappa shape index (κ1) is 12.7. The number of nitrogens with two attached hydrogens (primary N) is 1. The second-order valence-corrected chi connectivity index (χ2v) is 4.05. The van der Waals surface area contributed by atoms with Crippen molar-refractivity contribution in [3.8, 4) is 0 Å². The zero-order chi connectivity index (χ0) is 12.3. The Morgan fingerprint density at radius 2 is 1.81 bits per heavy atom. The Bertz CT molecular complexity index is 343. The Balaban J connectivity index is 2.74. The van der Waals surface area contributed by atoms with Crippen molar-refractivity contribution in [3.63, 3.8) is 0 Å². The molecule has 0 fully saturated rings. The third-order valence-electron chi connectivity index (χ3n) is 2.52. The first-order valence-corrected chi connectivity index (χ1v) is 5.06. The first-order valence-electron chi connectivity index (χ1n) is 5.06. The highest BCUT2D eigenvalue weighted by Crippen LogP contribution is 2.21. The normalized spacial score (nSPS) is 12.9. The van der Waals surface area contributed by atoms with Crippen LogP contribution >= 0.6 is 0 Å². The molecule has 0 spiro atoms. The first-order chi connectivity index (χ1) is 7.41. The van der Waals surface area contributed by atoms with Gasteiger partial charge in [0.2, 0.25) is 0 Å². The summed E-state index contributed by atoms with van der Waals surface area (Å²) in [6.45, 7) is 2.42. The topological polar surface area (TPSA) is 41.3 Å². The van der Waals surface area contributed by atoms with E-state index in [1.54, 1.807) is 0 Å².